The quantitative estimate of drug-likeness (QED) is 0.726. The van der Waals surface area contributed by atoms with Crippen LogP contribution in [0.2, 0.25) is 0 Å². The van der Waals surface area contributed by atoms with E-state index in [1.807, 2.05) is 0 Å². The number of aryl methyl sites for hydroxylation is 1. The first-order chi connectivity index (χ1) is 5.97. The number of nitrogens with two attached hydrogens (primary N) is 1. The van der Waals surface area contributed by atoms with E-state index in [0.29, 0.717) is 5.56 Å². The highest BCUT2D eigenvalue weighted by molar-refractivity contribution is 5.28. The molecule has 13 heavy (non-hydrogen) atoms. The van der Waals surface area contributed by atoms with E-state index in [4.69, 9.17) is 10.8 Å². The smallest absolute Gasteiger partial charge is 0.128 e. The number of halogens is 1. The molecule has 0 saturated carbocycles. The van der Waals surface area contributed by atoms with Gasteiger partial charge in [-0.2, -0.15) is 0 Å². The largest absolute Gasteiger partial charge is 0.394 e. The van der Waals surface area contributed by atoms with Gasteiger partial charge < -0.3 is 10.8 Å². The van der Waals surface area contributed by atoms with Crippen molar-refractivity contribution in [2.75, 3.05) is 6.61 Å². The average Bonchev–Trinajstić information content (AvgIpc) is 2.03. The van der Waals surface area contributed by atoms with E-state index in [1.165, 1.54) is 6.07 Å². The highest BCUT2D eigenvalue weighted by atomic mass is 19.1. The van der Waals surface area contributed by atoms with Crippen LogP contribution in [0.1, 0.15) is 18.1 Å². The summed E-state index contributed by atoms with van der Waals surface area (Å²) >= 11 is 0. The third-order valence-electron chi connectivity index (χ3n) is 2.07. The number of hydrogen-bond acceptors (Lipinski definition) is 2. The third kappa shape index (κ3) is 2.05. The molecule has 0 heterocycles. The summed E-state index contributed by atoms with van der Waals surface area (Å²) in [7, 11) is 0. The van der Waals surface area contributed by atoms with Crippen molar-refractivity contribution in [3.8, 4) is 0 Å². The van der Waals surface area contributed by atoms with E-state index < -0.39 is 5.54 Å². The topological polar surface area (TPSA) is 46.2 Å². The maximum atomic E-state index is 13.3. The van der Waals surface area contributed by atoms with E-state index in [0.717, 1.165) is 5.56 Å². The predicted molar refractivity (Wildman–Crippen MR) is 49.8 cm³/mol. The van der Waals surface area contributed by atoms with Crippen molar-refractivity contribution in [2.45, 2.75) is 19.4 Å². The first-order valence-electron chi connectivity index (χ1n) is 4.14. The van der Waals surface area contributed by atoms with E-state index in [9.17, 15) is 4.39 Å². The second-order valence-electron chi connectivity index (χ2n) is 3.56. The molecule has 3 N–H and O–H groups in total. The van der Waals surface area contributed by atoms with Crippen molar-refractivity contribution >= 4 is 0 Å². The summed E-state index contributed by atoms with van der Waals surface area (Å²) < 4.78 is 13.3. The minimum atomic E-state index is -1.00. The Balaban J connectivity index is 3.16. The normalized spacial score (nSPS) is 15.5. The van der Waals surface area contributed by atoms with Crippen LogP contribution in [0.4, 0.5) is 4.39 Å². The fourth-order valence-corrected chi connectivity index (χ4v) is 1.17. The van der Waals surface area contributed by atoms with Crippen LogP contribution in [-0.4, -0.2) is 11.7 Å². The molecule has 0 radical (unpaired) electrons. The van der Waals surface area contributed by atoms with E-state index in [-0.39, 0.29) is 12.4 Å². The van der Waals surface area contributed by atoms with Gasteiger partial charge in [-0.05, 0) is 25.5 Å². The Morgan fingerprint density at radius 1 is 1.54 bits per heavy atom. The molecule has 0 aromatic heterocycles. The van der Waals surface area contributed by atoms with Crippen LogP contribution in [0.5, 0.6) is 0 Å². The number of hydrogen-bond donors (Lipinski definition) is 2. The van der Waals surface area contributed by atoms with Gasteiger partial charge in [0, 0.05) is 5.56 Å². The molecule has 0 fully saturated rings. The summed E-state index contributed by atoms with van der Waals surface area (Å²) in [6.07, 6.45) is 0. The van der Waals surface area contributed by atoms with Crippen LogP contribution < -0.4 is 5.73 Å². The molecule has 0 amide bonds. The van der Waals surface area contributed by atoms with Gasteiger partial charge in [0.15, 0.2) is 0 Å². The Hall–Kier alpha value is -0.930. The molecule has 0 aliphatic heterocycles. The lowest BCUT2D eigenvalue weighted by Crippen LogP contribution is -2.37. The van der Waals surface area contributed by atoms with E-state index >= 15 is 0 Å². The first kappa shape index (κ1) is 10.2. The van der Waals surface area contributed by atoms with Crippen LogP contribution in [0.15, 0.2) is 18.2 Å². The highest BCUT2D eigenvalue weighted by Crippen LogP contribution is 2.21. The summed E-state index contributed by atoms with van der Waals surface area (Å²) in [6, 6.07) is 4.80. The number of aliphatic hydroxyl groups is 1. The van der Waals surface area contributed by atoms with Crippen molar-refractivity contribution in [2.24, 2.45) is 5.73 Å². The molecule has 1 atom stereocenters. The molecule has 72 valence electrons. The van der Waals surface area contributed by atoms with Crippen molar-refractivity contribution in [1.29, 1.82) is 0 Å². The lowest BCUT2D eigenvalue weighted by molar-refractivity contribution is 0.206. The zero-order valence-corrected chi connectivity index (χ0v) is 7.84. The maximum Gasteiger partial charge on any atom is 0.128 e. The van der Waals surface area contributed by atoms with E-state index in [2.05, 4.69) is 0 Å². The van der Waals surface area contributed by atoms with Crippen LogP contribution in [0.25, 0.3) is 0 Å². The van der Waals surface area contributed by atoms with Crippen molar-refractivity contribution < 1.29 is 9.50 Å². The second-order valence-corrected chi connectivity index (χ2v) is 3.56. The Morgan fingerprint density at radius 2 is 2.15 bits per heavy atom. The number of rotatable bonds is 2. The summed E-state index contributed by atoms with van der Waals surface area (Å²) in [6.45, 7) is 3.13. The molecule has 0 saturated heterocycles. The molecule has 0 unspecified atom stereocenters. The molecule has 0 bridgehead atoms. The fourth-order valence-electron chi connectivity index (χ4n) is 1.17. The van der Waals surface area contributed by atoms with Gasteiger partial charge in [-0.15, -0.1) is 0 Å². The lowest BCUT2D eigenvalue weighted by atomic mass is 9.93. The molecule has 1 aromatic carbocycles. The van der Waals surface area contributed by atoms with Crippen molar-refractivity contribution in [3.05, 3.63) is 35.1 Å². The average molecular weight is 183 g/mol. The Labute approximate surface area is 77.2 Å². The summed E-state index contributed by atoms with van der Waals surface area (Å²) in [5.41, 5.74) is 5.89. The van der Waals surface area contributed by atoms with Crippen molar-refractivity contribution in [1.82, 2.24) is 0 Å². The zero-order valence-electron chi connectivity index (χ0n) is 7.84. The summed E-state index contributed by atoms with van der Waals surface area (Å²) in [5.74, 6) is -0.362. The fraction of sp³-hybridized carbons (Fsp3) is 0.400. The predicted octanol–water partition coefficient (Wildman–Crippen LogP) is 1.30. The van der Waals surface area contributed by atoms with Crippen molar-refractivity contribution in [3.63, 3.8) is 0 Å². The van der Waals surface area contributed by atoms with Gasteiger partial charge in [-0.1, -0.05) is 12.1 Å². The first-order valence-corrected chi connectivity index (χ1v) is 4.14. The Morgan fingerprint density at radius 3 is 2.62 bits per heavy atom. The van der Waals surface area contributed by atoms with Gasteiger partial charge in [-0.25, -0.2) is 4.39 Å². The lowest BCUT2D eigenvalue weighted by Gasteiger charge is -2.22. The van der Waals surface area contributed by atoms with Gasteiger partial charge in [0.05, 0.1) is 12.1 Å². The molecule has 2 nitrogen and oxygen atoms in total. The van der Waals surface area contributed by atoms with Crippen LogP contribution in [0.3, 0.4) is 0 Å². The van der Waals surface area contributed by atoms with Crippen LogP contribution >= 0.6 is 0 Å². The summed E-state index contributed by atoms with van der Waals surface area (Å²) in [4.78, 5) is 0. The van der Waals surface area contributed by atoms with Gasteiger partial charge in [0.1, 0.15) is 5.82 Å². The minimum Gasteiger partial charge on any atom is -0.394 e. The Bertz CT molecular complexity index is 310. The van der Waals surface area contributed by atoms with Gasteiger partial charge in [0.2, 0.25) is 0 Å². The molecule has 3 heteroatoms. The molecule has 1 aromatic rings. The molecular weight excluding hydrogens is 169 g/mol. The molecule has 0 spiro atoms. The SMILES string of the molecule is Cc1ccc([C@@](C)(N)CO)c(F)c1. The number of benzene rings is 1. The molecule has 0 aliphatic carbocycles. The molecule has 0 aliphatic rings. The van der Waals surface area contributed by atoms with Crippen LogP contribution in [-0.2, 0) is 5.54 Å². The van der Waals surface area contributed by atoms with Gasteiger partial charge >= 0.3 is 0 Å². The van der Waals surface area contributed by atoms with Crippen LogP contribution in [0, 0.1) is 12.7 Å². The maximum absolute atomic E-state index is 13.3. The second kappa shape index (κ2) is 3.44. The van der Waals surface area contributed by atoms with Gasteiger partial charge in [-0.3, -0.25) is 0 Å². The Kier molecular flexibility index (Phi) is 2.68. The van der Waals surface area contributed by atoms with Gasteiger partial charge in [0.25, 0.3) is 0 Å². The minimum absolute atomic E-state index is 0.271. The molecule has 1 rings (SSSR count). The number of aliphatic hydroxyl groups excluding tert-OH is 1. The third-order valence-corrected chi connectivity index (χ3v) is 2.07. The monoisotopic (exact) mass is 183 g/mol. The molecular formula is C10H14FNO. The van der Waals surface area contributed by atoms with E-state index in [1.54, 1.807) is 26.0 Å². The highest BCUT2D eigenvalue weighted by Gasteiger charge is 2.23. The summed E-state index contributed by atoms with van der Waals surface area (Å²) in [5, 5.41) is 8.95. The zero-order chi connectivity index (χ0) is 10.1. The standard InChI is InChI=1S/C10H14FNO/c1-7-3-4-8(9(11)5-7)10(2,12)6-13/h3-5,13H,6,12H2,1-2H3/t10-/m0/s1.